The molecule has 0 fully saturated rings. The van der Waals surface area contributed by atoms with Crippen LogP contribution in [0.25, 0.3) is 0 Å². The van der Waals surface area contributed by atoms with Gasteiger partial charge in [0.15, 0.2) is 0 Å². The monoisotopic (exact) mass is 546 g/mol. The number of nitrogens with one attached hydrogen (secondary N) is 4. The van der Waals surface area contributed by atoms with Crippen molar-refractivity contribution in [1.82, 2.24) is 16.0 Å². The molecule has 4 amide bonds. The molecule has 0 aliphatic rings. The number of carbonyl (C=O) groups excluding carboxylic acids is 4. The number of rotatable bonds is 14. The summed E-state index contributed by atoms with van der Waals surface area (Å²) in [5.41, 5.74) is 2.17. The molecule has 0 heterocycles. The lowest BCUT2D eigenvalue weighted by molar-refractivity contribution is -0.134. The summed E-state index contributed by atoms with van der Waals surface area (Å²) in [5.74, 6) is -2.54. The smallest absolute Gasteiger partial charge is 0.249 e. The third kappa shape index (κ3) is 9.64. The van der Waals surface area contributed by atoms with Crippen LogP contribution in [0.5, 0.6) is 0 Å². The Morgan fingerprint density at radius 3 is 1.62 bits per heavy atom. The van der Waals surface area contributed by atoms with Crippen LogP contribution in [0.1, 0.15) is 17.5 Å². The van der Waals surface area contributed by atoms with Crippen LogP contribution < -0.4 is 21.3 Å². The van der Waals surface area contributed by atoms with Gasteiger partial charge in [-0.3, -0.25) is 19.2 Å². The van der Waals surface area contributed by atoms with E-state index in [1.165, 1.54) is 0 Å². The first-order valence-electron chi connectivity index (χ1n) is 12.9. The summed E-state index contributed by atoms with van der Waals surface area (Å²) in [7, 11) is 0. The second kappa shape index (κ2) is 15.8. The van der Waals surface area contributed by atoms with Gasteiger partial charge >= 0.3 is 0 Å². The summed E-state index contributed by atoms with van der Waals surface area (Å²) in [6, 6.07) is 23.1. The number of para-hydroxylation sites is 1. The van der Waals surface area contributed by atoms with E-state index in [1.807, 2.05) is 30.3 Å². The second-order valence-electron chi connectivity index (χ2n) is 9.14. The summed E-state index contributed by atoms with van der Waals surface area (Å²) >= 11 is 0. The Bertz CT molecular complexity index is 1240. The van der Waals surface area contributed by atoms with Gasteiger partial charge in [0, 0.05) is 18.5 Å². The zero-order valence-corrected chi connectivity index (χ0v) is 22.0. The molecule has 6 N–H and O–H groups in total. The van der Waals surface area contributed by atoms with Gasteiger partial charge in [0.1, 0.15) is 18.1 Å². The first-order valence-corrected chi connectivity index (χ1v) is 12.9. The average Bonchev–Trinajstić information content (AvgIpc) is 2.98. The van der Waals surface area contributed by atoms with Crippen molar-refractivity contribution in [2.24, 2.45) is 0 Å². The highest BCUT2D eigenvalue weighted by molar-refractivity contribution is 5.99. The van der Waals surface area contributed by atoms with Crippen LogP contribution in [0.4, 0.5) is 5.69 Å². The van der Waals surface area contributed by atoms with Crippen molar-refractivity contribution in [3.63, 3.8) is 0 Å². The van der Waals surface area contributed by atoms with Gasteiger partial charge in [-0.05, 0) is 29.7 Å². The van der Waals surface area contributed by atoms with Crippen molar-refractivity contribution >= 4 is 29.3 Å². The third-order valence-corrected chi connectivity index (χ3v) is 6.09. The van der Waals surface area contributed by atoms with Gasteiger partial charge in [-0.2, -0.15) is 0 Å². The Morgan fingerprint density at radius 1 is 0.575 bits per heavy atom. The zero-order chi connectivity index (χ0) is 28.7. The molecule has 40 heavy (non-hydrogen) atoms. The van der Waals surface area contributed by atoms with E-state index in [2.05, 4.69) is 21.3 Å². The highest BCUT2D eigenvalue weighted by atomic mass is 16.3. The van der Waals surface area contributed by atoms with Crippen molar-refractivity contribution in [1.29, 1.82) is 0 Å². The van der Waals surface area contributed by atoms with E-state index in [9.17, 15) is 29.4 Å². The van der Waals surface area contributed by atoms with Crippen LogP contribution in [0.15, 0.2) is 91.0 Å². The first-order chi connectivity index (χ1) is 19.4. The van der Waals surface area contributed by atoms with Crippen molar-refractivity contribution < 1.29 is 29.4 Å². The van der Waals surface area contributed by atoms with Crippen LogP contribution in [0.2, 0.25) is 0 Å². The maximum absolute atomic E-state index is 13.2. The van der Waals surface area contributed by atoms with Gasteiger partial charge in [0.2, 0.25) is 23.6 Å². The Hall–Kier alpha value is -4.54. The number of aliphatic hydroxyl groups excluding tert-OH is 2. The number of anilines is 1. The maximum Gasteiger partial charge on any atom is 0.249 e. The van der Waals surface area contributed by atoms with E-state index in [-0.39, 0.29) is 12.8 Å². The zero-order valence-electron chi connectivity index (χ0n) is 22.0. The number of benzene rings is 3. The lowest BCUT2D eigenvalue weighted by atomic mass is 10.0. The fourth-order valence-electron chi connectivity index (χ4n) is 3.91. The molecule has 0 spiro atoms. The highest BCUT2D eigenvalue weighted by Crippen LogP contribution is 2.08. The predicted octanol–water partition coefficient (Wildman–Crippen LogP) is 0.940. The van der Waals surface area contributed by atoms with Gasteiger partial charge in [-0.1, -0.05) is 78.9 Å². The largest absolute Gasteiger partial charge is 0.394 e. The van der Waals surface area contributed by atoms with E-state index >= 15 is 0 Å². The molecule has 3 atom stereocenters. The summed E-state index contributed by atoms with van der Waals surface area (Å²) in [4.78, 5) is 51.4. The molecule has 0 aromatic heterocycles. The molecular formula is C30H34N4O6. The number of aliphatic hydroxyl groups is 2. The number of hydrogen-bond acceptors (Lipinski definition) is 6. The number of amides is 4. The molecular weight excluding hydrogens is 512 g/mol. The molecule has 0 aliphatic heterocycles. The fourth-order valence-corrected chi connectivity index (χ4v) is 3.91. The van der Waals surface area contributed by atoms with Gasteiger partial charge < -0.3 is 31.5 Å². The Morgan fingerprint density at radius 2 is 1.05 bits per heavy atom. The van der Waals surface area contributed by atoms with Gasteiger partial charge in [0.25, 0.3) is 0 Å². The normalized spacial score (nSPS) is 12.8. The molecule has 210 valence electrons. The summed E-state index contributed by atoms with van der Waals surface area (Å²) < 4.78 is 0. The molecule has 0 bridgehead atoms. The van der Waals surface area contributed by atoms with Crippen LogP contribution >= 0.6 is 0 Å². The molecule has 10 nitrogen and oxygen atoms in total. The lowest BCUT2D eigenvalue weighted by Gasteiger charge is -2.24. The SMILES string of the molecule is O=C(CCc1ccccc1)N[C@@H](CO)C(=O)N[C@@H](Cc1ccccc1)C(=O)N[C@@H](CO)C(=O)Nc1ccccc1. The molecule has 3 aromatic rings. The minimum atomic E-state index is -1.29. The number of carbonyl (C=O) groups is 4. The third-order valence-electron chi connectivity index (χ3n) is 6.09. The molecule has 10 heteroatoms. The van der Waals surface area contributed by atoms with Crippen LogP contribution in [0.3, 0.4) is 0 Å². The van der Waals surface area contributed by atoms with E-state index < -0.39 is 55.0 Å². The van der Waals surface area contributed by atoms with E-state index in [1.54, 1.807) is 60.7 Å². The fraction of sp³-hybridized carbons (Fsp3) is 0.267. The van der Waals surface area contributed by atoms with E-state index in [4.69, 9.17) is 0 Å². The standard InChI is InChI=1S/C30H34N4O6/c35-19-25(32-27(37)17-16-21-10-4-1-5-11-21)30(40)33-24(18-22-12-6-2-7-13-22)28(38)34-26(20-36)29(39)31-23-14-8-3-9-15-23/h1-15,24-26,35-36H,16-20H2,(H,31,39)(H,32,37)(H,33,40)(H,34,38)/t24-,25-,26-/m0/s1. The van der Waals surface area contributed by atoms with Crippen molar-refractivity contribution in [2.75, 3.05) is 18.5 Å². The minimum Gasteiger partial charge on any atom is -0.394 e. The molecule has 0 saturated carbocycles. The topological polar surface area (TPSA) is 157 Å². The second-order valence-corrected chi connectivity index (χ2v) is 9.14. The first kappa shape index (κ1) is 30.0. The Kier molecular flexibility index (Phi) is 11.8. The predicted molar refractivity (Wildman–Crippen MR) is 150 cm³/mol. The molecule has 0 radical (unpaired) electrons. The van der Waals surface area contributed by atoms with Crippen LogP contribution in [0, 0.1) is 0 Å². The Balaban J connectivity index is 1.65. The average molecular weight is 547 g/mol. The molecule has 0 aliphatic carbocycles. The quantitative estimate of drug-likeness (QED) is 0.177. The molecule has 0 saturated heterocycles. The van der Waals surface area contributed by atoms with Gasteiger partial charge in [0.05, 0.1) is 13.2 Å². The molecule has 3 rings (SSSR count). The van der Waals surface area contributed by atoms with Gasteiger partial charge in [-0.15, -0.1) is 0 Å². The van der Waals surface area contributed by atoms with Crippen molar-refractivity contribution in [2.45, 2.75) is 37.4 Å². The van der Waals surface area contributed by atoms with Crippen LogP contribution in [-0.4, -0.2) is 65.2 Å². The number of aryl methyl sites for hydroxylation is 1. The summed E-state index contributed by atoms with van der Waals surface area (Å²) in [6.07, 6.45) is 0.631. The minimum absolute atomic E-state index is 0.0664. The molecule has 0 unspecified atom stereocenters. The summed E-state index contributed by atoms with van der Waals surface area (Å²) in [5, 5.41) is 29.8. The highest BCUT2D eigenvalue weighted by Gasteiger charge is 2.29. The van der Waals surface area contributed by atoms with E-state index in [0.717, 1.165) is 11.1 Å². The van der Waals surface area contributed by atoms with Crippen LogP contribution in [-0.2, 0) is 32.0 Å². The van der Waals surface area contributed by atoms with Gasteiger partial charge in [-0.25, -0.2) is 0 Å². The summed E-state index contributed by atoms with van der Waals surface area (Å²) in [6.45, 7) is -1.35. The number of hydrogen-bond donors (Lipinski definition) is 6. The van der Waals surface area contributed by atoms with E-state index in [0.29, 0.717) is 12.1 Å². The van der Waals surface area contributed by atoms with Crippen molar-refractivity contribution in [3.8, 4) is 0 Å². The lowest BCUT2D eigenvalue weighted by Crippen LogP contribution is -2.58. The maximum atomic E-state index is 13.2. The van der Waals surface area contributed by atoms with Crippen molar-refractivity contribution in [3.05, 3.63) is 102 Å². The Labute approximate surface area is 232 Å². The molecule has 3 aromatic carbocycles.